The fourth-order valence-corrected chi connectivity index (χ4v) is 3.07. The molecule has 0 amide bonds. The molecule has 5 heteroatoms. The number of benzene rings is 1. The zero-order valence-corrected chi connectivity index (χ0v) is 12.7. The molecule has 0 fully saturated rings. The van der Waals surface area contributed by atoms with Gasteiger partial charge >= 0.3 is 5.97 Å². The summed E-state index contributed by atoms with van der Waals surface area (Å²) in [5.74, 6) is -0.921. The quantitative estimate of drug-likeness (QED) is 0.835. The average Bonchev–Trinajstić information content (AvgIpc) is 2.98. The highest BCUT2D eigenvalue weighted by atomic mass is 32.1. The highest BCUT2D eigenvalue weighted by Crippen LogP contribution is 2.32. The van der Waals surface area contributed by atoms with Gasteiger partial charge in [0.15, 0.2) is 0 Å². The van der Waals surface area contributed by atoms with E-state index in [9.17, 15) is 9.18 Å². The number of carbonyl (C=O) groups is 1. The Morgan fingerprint density at radius 2 is 2.14 bits per heavy atom. The van der Waals surface area contributed by atoms with Crippen molar-refractivity contribution >= 4 is 17.3 Å². The van der Waals surface area contributed by atoms with Crippen LogP contribution in [-0.4, -0.2) is 19.1 Å². The fraction of sp³-hybridized carbons (Fsp3) is 0.312. The maximum Gasteiger partial charge on any atom is 0.318 e. The van der Waals surface area contributed by atoms with Gasteiger partial charge in [0, 0.05) is 12.1 Å². The van der Waals surface area contributed by atoms with E-state index in [4.69, 9.17) is 10.5 Å². The van der Waals surface area contributed by atoms with E-state index in [1.807, 2.05) is 16.8 Å². The third-order valence-electron chi connectivity index (χ3n) is 3.49. The summed E-state index contributed by atoms with van der Waals surface area (Å²) in [6.45, 7) is 1.95. The largest absolute Gasteiger partial charge is 0.465 e. The second-order valence-corrected chi connectivity index (χ2v) is 5.57. The van der Waals surface area contributed by atoms with Crippen LogP contribution in [0.5, 0.6) is 0 Å². The normalized spacial score (nSPS) is 13.7. The molecule has 2 rings (SSSR count). The first-order valence-electron chi connectivity index (χ1n) is 6.77. The second-order valence-electron chi connectivity index (χ2n) is 4.79. The van der Waals surface area contributed by atoms with Crippen molar-refractivity contribution in [3.8, 4) is 0 Å². The monoisotopic (exact) mass is 307 g/mol. The third kappa shape index (κ3) is 3.14. The van der Waals surface area contributed by atoms with Crippen molar-refractivity contribution in [1.82, 2.24) is 0 Å². The number of hydrogen-bond acceptors (Lipinski definition) is 4. The Bertz CT molecular complexity index is 600. The van der Waals surface area contributed by atoms with Gasteiger partial charge in [-0.05, 0) is 41.8 Å². The summed E-state index contributed by atoms with van der Waals surface area (Å²) in [6.07, 6.45) is 0.326. The van der Waals surface area contributed by atoms with Gasteiger partial charge in [-0.2, -0.15) is 11.3 Å². The lowest BCUT2D eigenvalue weighted by molar-refractivity contribution is -0.150. The molecule has 112 valence electrons. The predicted molar refractivity (Wildman–Crippen MR) is 81.8 cm³/mol. The molecule has 0 saturated carbocycles. The number of hydrogen-bond donors (Lipinski definition) is 1. The molecule has 0 aliphatic rings. The van der Waals surface area contributed by atoms with Gasteiger partial charge in [0.2, 0.25) is 0 Å². The first kappa shape index (κ1) is 15.7. The maximum atomic E-state index is 14.2. The minimum atomic E-state index is -1.19. The van der Waals surface area contributed by atoms with Crippen LogP contribution in [0, 0.1) is 5.82 Å². The van der Waals surface area contributed by atoms with Gasteiger partial charge < -0.3 is 10.5 Å². The molecule has 1 aromatic heterocycles. The van der Waals surface area contributed by atoms with Gasteiger partial charge in [0.05, 0.1) is 6.61 Å². The minimum Gasteiger partial charge on any atom is -0.465 e. The summed E-state index contributed by atoms with van der Waals surface area (Å²) < 4.78 is 19.4. The SMILES string of the molecule is CCOC(=O)C(CN)(Cc1ccsc1)c1ccccc1F. The molecule has 2 aromatic rings. The van der Waals surface area contributed by atoms with Gasteiger partial charge in [-0.15, -0.1) is 0 Å². The molecular formula is C16H18FNO2S. The third-order valence-corrected chi connectivity index (χ3v) is 4.22. The van der Waals surface area contributed by atoms with Gasteiger partial charge in [0.25, 0.3) is 0 Å². The Morgan fingerprint density at radius 1 is 1.38 bits per heavy atom. The first-order chi connectivity index (χ1) is 10.1. The van der Waals surface area contributed by atoms with Crippen LogP contribution < -0.4 is 5.73 Å². The van der Waals surface area contributed by atoms with Gasteiger partial charge in [-0.1, -0.05) is 18.2 Å². The molecule has 1 unspecified atom stereocenters. The van der Waals surface area contributed by atoms with Crippen LogP contribution in [0.25, 0.3) is 0 Å². The molecule has 21 heavy (non-hydrogen) atoms. The highest BCUT2D eigenvalue weighted by molar-refractivity contribution is 7.07. The number of thiophene rings is 1. The lowest BCUT2D eigenvalue weighted by atomic mass is 9.75. The summed E-state index contributed by atoms with van der Waals surface area (Å²) in [4.78, 5) is 12.5. The molecule has 2 N–H and O–H groups in total. The van der Waals surface area contributed by atoms with Crippen molar-refractivity contribution < 1.29 is 13.9 Å². The summed E-state index contributed by atoms with van der Waals surface area (Å²) in [5.41, 5.74) is 5.94. The van der Waals surface area contributed by atoms with E-state index in [2.05, 4.69) is 0 Å². The molecule has 1 atom stereocenters. The number of esters is 1. The second kappa shape index (κ2) is 6.83. The van der Waals surface area contributed by atoms with Gasteiger partial charge in [0.1, 0.15) is 11.2 Å². The van der Waals surface area contributed by atoms with Crippen LogP contribution in [0.1, 0.15) is 18.1 Å². The van der Waals surface area contributed by atoms with Crippen LogP contribution in [0.2, 0.25) is 0 Å². The number of carbonyl (C=O) groups excluding carboxylic acids is 1. The molecule has 0 bridgehead atoms. The summed E-state index contributed by atoms with van der Waals surface area (Å²) in [7, 11) is 0. The lowest BCUT2D eigenvalue weighted by Crippen LogP contribution is -2.46. The molecule has 0 spiro atoms. The average molecular weight is 307 g/mol. The van der Waals surface area contributed by atoms with E-state index in [-0.39, 0.29) is 18.7 Å². The minimum absolute atomic E-state index is 0.0113. The van der Waals surface area contributed by atoms with Crippen LogP contribution in [0.15, 0.2) is 41.1 Å². The lowest BCUT2D eigenvalue weighted by Gasteiger charge is -2.30. The van der Waals surface area contributed by atoms with Crippen molar-refractivity contribution in [3.05, 3.63) is 58.0 Å². The molecule has 0 saturated heterocycles. The molecule has 1 aromatic carbocycles. The van der Waals surface area contributed by atoms with Crippen molar-refractivity contribution in [1.29, 1.82) is 0 Å². The maximum absolute atomic E-state index is 14.2. The summed E-state index contributed by atoms with van der Waals surface area (Å²) >= 11 is 1.53. The van der Waals surface area contributed by atoms with Crippen LogP contribution in [-0.2, 0) is 21.4 Å². The van der Waals surface area contributed by atoms with Gasteiger partial charge in [-0.25, -0.2) is 4.39 Å². The van der Waals surface area contributed by atoms with E-state index in [1.54, 1.807) is 25.1 Å². The van der Waals surface area contributed by atoms with Crippen molar-refractivity contribution in [2.45, 2.75) is 18.8 Å². The number of nitrogens with two attached hydrogens (primary N) is 1. The van der Waals surface area contributed by atoms with E-state index < -0.39 is 17.2 Å². The molecular weight excluding hydrogens is 289 g/mol. The van der Waals surface area contributed by atoms with E-state index in [0.717, 1.165) is 5.56 Å². The van der Waals surface area contributed by atoms with Crippen molar-refractivity contribution in [3.63, 3.8) is 0 Å². The fourth-order valence-electron chi connectivity index (χ4n) is 2.40. The smallest absolute Gasteiger partial charge is 0.318 e. The van der Waals surface area contributed by atoms with Crippen LogP contribution in [0.3, 0.4) is 0 Å². The number of rotatable bonds is 6. The summed E-state index contributed by atoms with van der Waals surface area (Å²) in [5, 5.41) is 3.85. The first-order valence-corrected chi connectivity index (χ1v) is 7.71. The van der Waals surface area contributed by atoms with Crippen molar-refractivity contribution in [2.24, 2.45) is 5.73 Å². The van der Waals surface area contributed by atoms with Gasteiger partial charge in [-0.3, -0.25) is 4.79 Å². The van der Waals surface area contributed by atoms with E-state index in [1.165, 1.54) is 17.4 Å². The highest BCUT2D eigenvalue weighted by Gasteiger charge is 2.42. The standard InChI is InChI=1S/C16H18FNO2S/c1-2-20-15(19)16(11-18,9-12-7-8-21-10-12)13-5-3-4-6-14(13)17/h3-8,10H,2,9,11,18H2,1H3. The molecule has 0 aliphatic carbocycles. The van der Waals surface area contributed by atoms with Crippen LogP contribution in [0.4, 0.5) is 4.39 Å². The van der Waals surface area contributed by atoms with Crippen molar-refractivity contribution in [2.75, 3.05) is 13.2 Å². The molecule has 0 aliphatic heterocycles. The Hall–Kier alpha value is -1.72. The van der Waals surface area contributed by atoms with Crippen LogP contribution >= 0.6 is 11.3 Å². The molecule has 0 radical (unpaired) electrons. The van der Waals surface area contributed by atoms with E-state index >= 15 is 0 Å². The summed E-state index contributed by atoms with van der Waals surface area (Å²) in [6, 6.07) is 8.15. The Kier molecular flexibility index (Phi) is 5.09. The number of halogens is 1. The van der Waals surface area contributed by atoms with E-state index in [0.29, 0.717) is 6.42 Å². The molecule has 3 nitrogen and oxygen atoms in total. The Labute approximate surface area is 127 Å². The Balaban J connectivity index is 2.51. The predicted octanol–water partition coefficient (Wildman–Crippen LogP) is 2.89. The topological polar surface area (TPSA) is 52.3 Å². The zero-order chi connectivity index (χ0) is 15.3. The number of ether oxygens (including phenoxy) is 1. The zero-order valence-electron chi connectivity index (χ0n) is 11.8. The Morgan fingerprint density at radius 3 is 2.71 bits per heavy atom. The molecule has 1 heterocycles.